The molecule has 4 heteroatoms. The molecular weight excluding hydrogens is 316 g/mol. The second-order valence-electron chi connectivity index (χ2n) is 5.60. The van der Waals surface area contributed by atoms with Gasteiger partial charge in [0.15, 0.2) is 0 Å². The van der Waals surface area contributed by atoms with E-state index in [-0.39, 0.29) is 11.1 Å². The molecule has 0 atom stereocenters. The summed E-state index contributed by atoms with van der Waals surface area (Å²) in [4.78, 5) is 21.1. The molecule has 0 spiro atoms. The van der Waals surface area contributed by atoms with Crippen LogP contribution in [0.4, 0.5) is 0 Å². The fraction of sp³-hybridized carbons (Fsp3) is 0.238. The van der Waals surface area contributed by atoms with E-state index in [4.69, 9.17) is 10.2 Å². The summed E-state index contributed by atoms with van der Waals surface area (Å²) in [6.07, 6.45) is 8.21. The molecule has 0 bridgehead atoms. The fourth-order valence-corrected chi connectivity index (χ4v) is 2.09. The number of hydrogen-bond donors (Lipinski definition) is 2. The number of unbranched alkanes of at least 4 members (excludes halogenated alkanes) is 2. The molecule has 0 fully saturated rings. The molecule has 132 valence electrons. The molecule has 0 aliphatic carbocycles. The van der Waals surface area contributed by atoms with E-state index in [2.05, 4.69) is 43.3 Å². The maximum Gasteiger partial charge on any atom is 0.335 e. The van der Waals surface area contributed by atoms with Gasteiger partial charge >= 0.3 is 11.9 Å². The molecule has 0 aliphatic heterocycles. The SMILES string of the molecule is CCCCC=Cc1ccccc1.Cc1ccc(C(=O)O)cc1C(=O)O. The molecule has 2 aromatic carbocycles. The second kappa shape index (κ2) is 10.8. The van der Waals surface area contributed by atoms with E-state index in [1.54, 1.807) is 6.92 Å². The monoisotopic (exact) mass is 340 g/mol. The zero-order valence-electron chi connectivity index (χ0n) is 14.6. The molecule has 0 unspecified atom stereocenters. The summed E-state index contributed by atoms with van der Waals surface area (Å²) in [5, 5.41) is 17.3. The van der Waals surface area contributed by atoms with Crippen molar-refractivity contribution in [1.82, 2.24) is 0 Å². The van der Waals surface area contributed by atoms with Crippen LogP contribution in [-0.2, 0) is 0 Å². The van der Waals surface area contributed by atoms with Crippen LogP contribution in [0.1, 0.15) is 58.0 Å². The lowest BCUT2D eigenvalue weighted by atomic mass is 10.1. The topological polar surface area (TPSA) is 74.6 Å². The summed E-state index contributed by atoms with van der Waals surface area (Å²) in [6.45, 7) is 3.84. The summed E-state index contributed by atoms with van der Waals surface area (Å²) < 4.78 is 0. The van der Waals surface area contributed by atoms with Crippen molar-refractivity contribution in [3.63, 3.8) is 0 Å². The van der Waals surface area contributed by atoms with Gasteiger partial charge in [-0.1, -0.05) is 68.3 Å². The highest BCUT2D eigenvalue weighted by atomic mass is 16.4. The van der Waals surface area contributed by atoms with E-state index < -0.39 is 11.9 Å². The van der Waals surface area contributed by atoms with E-state index in [1.165, 1.54) is 37.0 Å². The average molecular weight is 340 g/mol. The number of allylic oxidation sites excluding steroid dienone is 1. The van der Waals surface area contributed by atoms with Crippen LogP contribution in [0, 0.1) is 6.92 Å². The lowest BCUT2D eigenvalue weighted by molar-refractivity contribution is 0.0695. The van der Waals surface area contributed by atoms with Crippen molar-refractivity contribution in [2.24, 2.45) is 0 Å². The molecule has 0 heterocycles. The molecule has 0 saturated heterocycles. The molecule has 0 aromatic heterocycles. The summed E-state index contributed by atoms with van der Waals surface area (Å²) in [7, 11) is 0. The van der Waals surface area contributed by atoms with Crippen molar-refractivity contribution in [1.29, 1.82) is 0 Å². The third-order valence-electron chi connectivity index (χ3n) is 3.55. The van der Waals surface area contributed by atoms with E-state index in [0.29, 0.717) is 5.56 Å². The lowest BCUT2D eigenvalue weighted by Gasteiger charge is -2.01. The first kappa shape index (κ1) is 20.2. The minimum absolute atomic E-state index is 0.0111. The highest BCUT2D eigenvalue weighted by molar-refractivity contribution is 5.94. The molecule has 0 aliphatic rings. The van der Waals surface area contributed by atoms with Crippen LogP contribution in [-0.4, -0.2) is 22.2 Å². The quantitative estimate of drug-likeness (QED) is 0.701. The molecule has 2 aromatic rings. The fourth-order valence-electron chi connectivity index (χ4n) is 2.09. The standard InChI is InChI=1S/C12H16.C9H8O4/c1-2-3-4-6-9-12-10-7-5-8-11-12;1-5-2-3-6(8(10)11)4-7(5)9(12)13/h5-11H,2-4H2,1H3;2-4H,1H3,(H,10,11)(H,12,13). The van der Waals surface area contributed by atoms with E-state index >= 15 is 0 Å². The molecule has 0 amide bonds. The number of aromatic carboxylic acids is 2. The summed E-state index contributed by atoms with van der Waals surface area (Å²) in [6, 6.07) is 14.4. The Labute approximate surface area is 148 Å². The number of aryl methyl sites for hydroxylation is 1. The summed E-state index contributed by atoms with van der Waals surface area (Å²) in [5.41, 5.74) is 1.87. The lowest BCUT2D eigenvalue weighted by Crippen LogP contribution is -2.03. The molecule has 25 heavy (non-hydrogen) atoms. The van der Waals surface area contributed by atoms with Crippen molar-refractivity contribution in [3.8, 4) is 0 Å². The highest BCUT2D eigenvalue weighted by Crippen LogP contribution is 2.11. The number of carbonyl (C=O) groups is 2. The predicted octanol–water partition coefficient (Wildman–Crippen LogP) is 5.28. The Morgan fingerprint density at radius 2 is 1.68 bits per heavy atom. The smallest absolute Gasteiger partial charge is 0.335 e. The third kappa shape index (κ3) is 7.48. The van der Waals surface area contributed by atoms with Crippen molar-refractivity contribution >= 4 is 18.0 Å². The highest BCUT2D eigenvalue weighted by Gasteiger charge is 2.10. The largest absolute Gasteiger partial charge is 0.478 e. The van der Waals surface area contributed by atoms with Crippen molar-refractivity contribution in [3.05, 3.63) is 76.9 Å². The van der Waals surface area contributed by atoms with Crippen molar-refractivity contribution < 1.29 is 19.8 Å². The van der Waals surface area contributed by atoms with Gasteiger partial charge in [0.05, 0.1) is 11.1 Å². The number of benzene rings is 2. The van der Waals surface area contributed by atoms with Crippen molar-refractivity contribution in [2.75, 3.05) is 0 Å². The first-order valence-electron chi connectivity index (χ1n) is 8.24. The van der Waals surface area contributed by atoms with Gasteiger partial charge in [0.2, 0.25) is 0 Å². The van der Waals surface area contributed by atoms with Crippen LogP contribution >= 0.6 is 0 Å². The van der Waals surface area contributed by atoms with Gasteiger partial charge in [-0.25, -0.2) is 9.59 Å². The molecule has 2 N–H and O–H groups in total. The molecule has 0 radical (unpaired) electrons. The molecule has 4 nitrogen and oxygen atoms in total. The molecule has 0 saturated carbocycles. The number of carboxylic acids is 2. The van der Waals surface area contributed by atoms with Crippen LogP contribution < -0.4 is 0 Å². The van der Waals surface area contributed by atoms with Gasteiger partial charge in [-0.15, -0.1) is 0 Å². The first-order valence-corrected chi connectivity index (χ1v) is 8.24. The van der Waals surface area contributed by atoms with Gasteiger partial charge in [0, 0.05) is 0 Å². The van der Waals surface area contributed by atoms with Gasteiger partial charge in [0.1, 0.15) is 0 Å². The van der Waals surface area contributed by atoms with Crippen LogP contribution in [0.2, 0.25) is 0 Å². The van der Waals surface area contributed by atoms with Gasteiger partial charge in [0.25, 0.3) is 0 Å². The van der Waals surface area contributed by atoms with Crippen molar-refractivity contribution in [2.45, 2.75) is 33.1 Å². The molecular formula is C21H24O4. The minimum atomic E-state index is -1.12. The number of rotatable bonds is 6. The van der Waals surface area contributed by atoms with Gasteiger partial charge in [-0.05, 0) is 36.6 Å². The average Bonchev–Trinajstić information content (AvgIpc) is 2.60. The Kier molecular flexibility index (Phi) is 8.72. The van der Waals surface area contributed by atoms with Gasteiger partial charge in [-0.3, -0.25) is 0 Å². The Morgan fingerprint density at radius 3 is 2.24 bits per heavy atom. The van der Waals surface area contributed by atoms with Crippen LogP contribution in [0.25, 0.3) is 6.08 Å². The normalized spacial score (nSPS) is 10.2. The van der Waals surface area contributed by atoms with E-state index in [9.17, 15) is 9.59 Å². The summed E-state index contributed by atoms with van der Waals surface area (Å²) in [5.74, 6) is -2.23. The van der Waals surface area contributed by atoms with Gasteiger partial charge in [-0.2, -0.15) is 0 Å². The van der Waals surface area contributed by atoms with Crippen LogP contribution in [0.3, 0.4) is 0 Å². The zero-order chi connectivity index (χ0) is 18.7. The Balaban J connectivity index is 0.000000251. The number of carboxylic acid groups (broad SMARTS) is 2. The second-order valence-corrected chi connectivity index (χ2v) is 5.60. The Hall–Kier alpha value is -2.88. The maximum atomic E-state index is 10.6. The maximum absolute atomic E-state index is 10.6. The number of hydrogen-bond acceptors (Lipinski definition) is 2. The minimum Gasteiger partial charge on any atom is -0.478 e. The summed E-state index contributed by atoms with van der Waals surface area (Å²) >= 11 is 0. The van der Waals surface area contributed by atoms with Crippen LogP contribution in [0.15, 0.2) is 54.6 Å². The first-order chi connectivity index (χ1) is 12.0. The van der Waals surface area contributed by atoms with Gasteiger partial charge < -0.3 is 10.2 Å². The molecule has 2 rings (SSSR count). The predicted molar refractivity (Wildman–Crippen MR) is 100 cm³/mol. The Morgan fingerprint density at radius 1 is 1.00 bits per heavy atom. The van der Waals surface area contributed by atoms with E-state index in [1.807, 2.05) is 6.07 Å². The van der Waals surface area contributed by atoms with E-state index in [0.717, 1.165) is 6.07 Å². The Bertz CT molecular complexity index is 718. The van der Waals surface area contributed by atoms with Crippen LogP contribution in [0.5, 0.6) is 0 Å². The third-order valence-corrected chi connectivity index (χ3v) is 3.55. The zero-order valence-corrected chi connectivity index (χ0v) is 14.6.